The second-order valence-electron chi connectivity index (χ2n) is 7.70. The van der Waals surface area contributed by atoms with Crippen LogP contribution in [0.2, 0.25) is 10.0 Å². The number of carbonyl (C=O) groups excluding carboxylic acids is 2. The van der Waals surface area contributed by atoms with Crippen molar-refractivity contribution in [2.24, 2.45) is 5.41 Å². The highest BCUT2D eigenvalue weighted by Crippen LogP contribution is 2.58. The fraction of sp³-hybridized carbons (Fsp3) is 0.476. The minimum Gasteiger partial charge on any atom is -0.482 e. The Kier molecular flexibility index (Phi) is 6.75. The number of ether oxygens (including phenoxy) is 1. The van der Waals surface area contributed by atoms with Crippen LogP contribution in [0.4, 0.5) is 0 Å². The highest BCUT2D eigenvalue weighted by Gasteiger charge is 2.45. The van der Waals surface area contributed by atoms with E-state index in [1.54, 1.807) is 12.1 Å². The fourth-order valence-corrected chi connectivity index (χ4v) is 4.87. The zero-order valence-electron chi connectivity index (χ0n) is 16.5. The van der Waals surface area contributed by atoms with E-state index in [0.717, 1.165) is 36.0 Å². The Morgan fingerprint density at radius 2 is 2.07 bits per heavy atom. The number of carboxylic acid groups (broad SMARTS) is 1. The number of hydrogen-bond donors (Lipinski definition) is 3. The molecule has 0 fully saturated rings. The number of benzene rings is 1. The number of ketones is 1. The second-order valence-corrected chi connectivity index (χ2v) is 8.45. The molecule has 3 rings (SSSR count). The first-order chi connectivity index (χ1) is 14.2. The predicted molar refractivity (Wildman–Crippen MR) is 112 cm³/mol. The lowest BCUT2D eigenvalue weighted by molar-refractivity contribution is -0.143. The molecule has 0 bridgehead atoms. The minimum atomic E-state index is -1.42. The molecule has 2 aliphatic rings. The summed E-state index contributed by atoms with van der Waals surface area (Å²) in [5, 5.41) is 20.5. The van der Waals surface area contributed by atoms with Gasteiger partial charge in [-0.05, 0) is 42.5 Å². The average Bonchev–Trinajstić information content (AvgIpc) is 3.01. The molecule has 30 heavy (non-hydrogen) atoms. The van der Waals surface area contributed by atoms with Gasteiger partial charge in [0.25, 0.3) is 5.91 Å². The molecule has 9 heteroatoms. The van der Waals surface area contributed by atoms with Crippen LogP contribution < -0.4 is 10.1 Å². The molecule has 162 valence electrons. The van der Waals surface area contributed by atoms with Crippen molar-refractivity contribution in [2.45, 2.75) is 45.1 Å². The molecule has 2 aliphatic carbocycles. The third-order valence-electron chi connectivity index (χ3n) is 5.68. The van der Waals surface area contributed by atoms with Crippen molar-refractivity contribution >= 4 is 46.4 Å². The number of hydrogen-bond acceptors (Lipinski definition) is 5. The molecule has 0 spiro atoms. The van der Waals surface area contributed by atoms with E-state index in [1.807, 2.05) is 0 Å². The molecule has 0 saturated carbocycles. The minimum absolute atomic E-state index is 0.0747. The summed E-state index contributed by atoms with van der Waals surface area (Å²) in [6, 6.07) is 0.320. The van der Waals surface area contributed by atoms with Gasteiger partial charge in [0.1, 0.15) is 16.8 Å². The standard InChI is InChI=1S/C21H23Cl2NO6/c1-2-4-21-5-3-12(26)7-13(21)17-11(8-21)6-15(18(22)19(17)23)30-10-16(27)24-14(9-25)20(28)29/h6-7,14,25H,2-5,8-10H2,1H3,(H,24,27)(H,28,29)/t14-,21+/m0/s1. The summed E-state index contributed by atoms with van der Waals surface area (Å²) in [7, 11) is 0. The van der Waals surface area contributed by atoms with Gasteiger partial charge in [0.05, 0.1) is 11.6 Å². The Morgan fingerprint density at radius 3 is 2.70 bits per heavy atom. The summed E-state index contributed by atoms with van der Waals surface area (Å²) >= 11 is 13.0. The van der Waals surface area contributed by atoms with Gasteiger partial charge in [0.15, 0.2) is 12.4 Å². The predicted octanol–water partition coefficient (Wildman–Crippen LogP) is 3.02. The van der Waals surface area contributed by atoms with Gasteiger partial charge in [-0.1, -0.05) is 36.5 Å². The number of aliphatic hydroxyl groups is 1. The van der Waals surface area contributed by atoms with Gasteiger partial charge in [-0.25, -0.2) is 4.79 Å². The number of allylic oxidation sites excluding steroid dienone is 2. The van der Waals surface area contributed by atoms with Crippen LogP contribution in [0.5, 0.6) is 5.75 Å². The maximum Gasteiger partial charge on any atom is 0.328 e. The maximum absolute atomic E-state index is 12.1. The number of aliphatic hydroxyl groups excluding tert-OH is 1. The van der Waals surface area contributed by atoms with Gasteiger partial charge in [-0.15, -0.1) is 0 Å². The number of halogens is 2. The molecule has 3 N–H and O–H groups in total. The topological polar surface area (TPSA) is 113 Å². The van der Waals surface area contributed by atoms with E-state index in [2.05, 4.69) is 12.2 Å². The van der Waals surface area contributed by atoms with Crippen LogP contribution in [0.15, 0.2) is 12.1 Å². The van der Waals surface area contributed by atoms with Crippen molar-refractivity contribution in [1.82, 2.24) is 5.32 Å². The lowest BCUT2D eigenvalue weighted by Crippen LogP contribution is -2.45. The van der Waals surface area contributed by atoms with Crippen LogP contribution in [-0.4, -0.2) is 47.1 Å². The van der Waals surface area contributed by atoms with E-state index in [0.29, 0.717) is 12.8 Å². The van der Waals surface area contributed by atoms with E-state index in [1.165, 1.54) is 0 Å². The molecule has 0 radical (unpaired) electrons. The number of aliphatic carboxylic acids is 1. The monoisotopic (exact) mass is 455 g/mol. The number of carbonyl (C=O) groups is 3. The zero-order chi connectivity index (χ0) is 22.1. The molecule has 0 aromatic heterocycles. The van der Waals surface area contributed by atoms with Crippen molar-refractivity contribution in [3.8, 4) is 5.75 Å². The maximum atomic E-state index is 12.1. The molecule has 0 saturated heterocycles. The Hall–Kier alpha value is -2.09. The van der Waals surface area contributed by atoms with E-state index in [-0.39, 0.29) is 27.0 Å². The lowest BCUT2D eigenvalue weighted by Gasteiger charge is -2.33. The van der Waals surface area contributed by atoms with Crippen LogP contribution >= 0.6 is 23.2 Å². The number of amides is 1. The molecule has 2 atom stereocenters. The quantitative estimate of drug-likeness (QED) is 0.555. The summed E-state index contributed by atoms with van der Waals surface area (Å²) in [6.45, 7) is 0.879. The molecule has 0 unspecified atom stereocenters. The molecule has 0 heterocycles. The van der Waals surface area contributed by atoms with Gasteiger partial charge in [-0.2, -0.15) is 0 Å². The Balaban J connectivity index is 1.85. The SMILES string of the molecule is CCC[C@]12CCC(=O)C=C1c1c(cc(OCC(=O)N[C@@H](CO)C(=O)O)c(Cl)c1Cl)C2. The normalized spacial score (nSPS) is 20.8. The first-order valence-electron chi connectivity index (χ1n) is 9.74. The summed E-state index contributed by atoms with van der Waals surface area (Å²) in [5.41, 5.74) is 2.46. The number of nitrogens with one attached hydrogen (secondary N) is 1. The van der Waals surface area contributed by atoms with E-state index in [9.17, 15) is 14.4 Å². The molecule has 7 nitrogen and oxygen atoms in total. The van der Waals surface area contributed by atoms with Crippen LogP contribution in [0.1, 0.15) is 43.7 Å². The Labute approximate surface area is 184 Å². The summed E-state index contributed by atoms with van der Waals surface area (Å²) in [4.78, 5) is 35.0. The van der Waals surface area contributed by atoms with Crippen LogP contribution in [-0.2, 0) is 20.8 Å². The Morgan fingerprint density at radius 1 is 1.33 bits per heavy atom. The highest BCUT2D eigenvalue weighted by atomic mass is 35.5. The van der Waals surface area contributed by atoms with Gasteiger partial charge < -0.3 is 20.3 Å². The molecular formula is C21H23Cl2NO6. The van der Waals surface area contributed by atoms with Gasteiger partial charge in [0, 0.05) is 17.4 Å². The highest BCUT2D eigenvalue weighted by molar-refractivity contribution is 6.44. The van der Waals surface area contributed by atoms with Crippen molar-refractivity contribution in [3.63, 3.8) is 0 Å². The average molecular weight is 456 g/mol. The lowest BCUT2D eigenvalue weighted by atomic mass is 9.70. The first-order valence-corrected chi connectivity index (χ1v) is 10.5. The number of carboxylic acids is 1. The summed E-state index contributed by atoms with van der Waals surface area (Å²) in [6.07, 6.45) is 5.53. The van der Waals surface area contributed by atoms with Crippen molar-refractivity contribution in [3.05, 3.63) is 33.3 Å². The van der Waals surface area contributed by atoms with Gasteiger partial charge in [-0.3, -0.25) is 9.59 Å². The molecule has 1 aromatic rings. The van der Waals surface area contributed by atoms with E-state index < -0.39 is 31.1 Å². The van der Waals surface area contributed by atoms with Gasteiger partial charge in [0.2, 0.25) is 0 Å². The van der Waals surface area contributed by atoms with E-state index in [4.69, 9.17) is 38.2 Å². The van der Waals surface area contributed by atoms with Crippen molar-refractivity contribution in [2.75, 3.05) is 13.2 Å². The number of fused-ring (bicyclic) bond motifs is 3. The largest absolute Gasteiger partial charge is 0.482 e. The summed E-state index contributed by atoms with van der Waals surface area (Å²) in [5.74, 6) is -1.78. The van der Waals surface area contributed by atoms with Crippen LogP contribution in [0, 0.1) is 5.41 Å². The van der Waals surface area contributed by atoms with E-state index >= 15 is 0 Å². The third kappa shape index (κ3) is 4.19. The van der Waals surface area contributed by atoms with Crippen LogP contribution in [0.3, 0.4) is 0 Å². The molecule has 0 aliphatic heterocycles. The summed E-state index contributed by atoms with van der Waals surface area (Å²) < 4.78 is 5.51. The zero-order valence-corrected chi connectivity index (χ0v) is 18.0. The fourth-order valence-electron chi connectivity index (χ4n) is 4.35. The van der Waals surface area contributed by atoms with Gasteiger partial charge >= 0.3 is 5.97 Å². The molecule has 1 amide bonds. The number of rotatable bonds is 8. The van der Waals surface area contributed by atoms with Crippen LogP contribution in [0.25, 0.3) is 5.57 Å². The van der Waals surface area contributed by atoms with Crippen molar-refractivity contribution in [1.29, 1.82) is 0 Å². The molecule has 1 aromatic carbocycles. The van der Waals surface area contributed by atoms with Crippen molar-refractivity contribution < 1.29 is 29.3 Å². The first kappa shape index (κ1) is 22.6. The second kappa shape index (κ2) is 8.96. The third-order valence-corrected chi connectivity index (χ3v) is 6.53. The Bertz CT molecular complexity index is 929. The smallest absolute Gasteiger partial charge is 0.328 e. The molecular weight excluding hydrogens is 433 g/mol.